The maximum absolute atomic E-state index is 9.66. The third-order valence-corrected chi connectivity index (χ3v) is 5.21. The quantitative estimate of drug-likeness (QED) is 0.488. The molecule has 2 heterocycles. The van der Waals surface area contributed by atoms with Crippen molar-refractivity contribution in [3.63, 3.8) is 0 Å². The molecule has 1 N–H and O–H groups in total. The molecule has 4 nitrogen and oxygen atoms in total. The summed E-state index contributed by atoms with van der Waals surface area (Å²) < 4.78 is 1.83. The molecule has 136 valence electrons. The largest absolute Gasteiger partial charge is 0.392 e. The van der Waals surface area contributed by atoms with E-state index in [-0.39, 0.29) is 6.61 Å². The second-order valence-corrected chi connectivity index (χ2v) is 7.01. The maximum Gasteiger partial charge on any atom is 0.162 e. The summed E-state index contributed by atoms with van der Waals surface area (Å²) in [5.74, 6) is 0. The van der Waals surface area contributed by atoms with Crippen LogP contribution in [0.1, 0.15) is 11.1 Å². The Hall–Kier alpha value is -3.50. The van der Waals surface area contributed by atoms with E-state index in [9.17, 15) is 5.11 Å². The van der Waals surface area contributed by atoms with Gasteiger partial charge in [0.1, 0.15) is 0 Å². The van der Waals surface area contributed by atoms with Gasteiger partial charge in [-0.25, -0.2) is 9.50 Å². The first kappa shape index (κ1) is 16.7. The number of aryl methyl sites for hydroxylation is 1. The fraction of sp³-hybridized carbons (Fsp3) is 0.0833. The van der Waals surface area contributed by atoms with Crippen molar-refractivity contribution in [2.45, 2.75) is 13.5 Å². The van der Waals surface area contributed by atoms with E-state index < -0.39 is 0 Å². The highest BCUT2D eigenvalue weighted by Crippen LogP contribution is 2.33. The Balaban J connectivity index is 1.67. The Bertz CT molecular complexity index is 1300. The van der Waals surface area contributed by atoms with Crippen molar-refractivity contribution in [2.75, 3.05) is 0 Å². The van der Waals surface area contributed by atoms with Crippen LogP contribution in [0, 0.1) is 6.92 Å². The zero-order valence-corrected chi connectivity index (χ0v) is 15.5. The number of aliphatic hydroxyl groups excluding tert-OH is 1. The number of rotatable bonds is 3. The van der Waals surface area contributed by atoms with Crippen LogP contribution in [0.2, 0.25) is 0 Å². The summed E-state index contributed by atoms with van der Waals surface area (Å²) in [6.45, 7) is 2.10. The molecule has 4 heteroatoms. The van der Waals surface area contributed by atoms with E-state index in [1.807, 2.05) is 47.4 Å². The van der Waals surface area contributed by atoms with E-state index >= 15 is 0 Å². The summed E-state index contributed by atoms with van der Waals surface area (Å²) in [7, 11) is 0. The Morgan fingerprint density at radius 1 is 0.821 bits per heavy atom. The van der Waals surface area contributed by atoms with Gasteiger partial charge in [-0.3, -0.25) is 0 Å². The molecule has 0 aliphatic heterocycles. The molecule has 0 bridgehead atoms. The molecule has 0 amide bonds. The van der Waals surface area contributed by atoms with E-state index in [4.69, 9.17) is 4.98 Å². The van der Waals surface area contributed by atoms with Crippen LogP contribution in [0.5, 0.6) is 0 Å². The smallest absolute Gasteiger partial charge is 0.162 e. The Morgan fingerprint density at radius 3 is 2.43 bits per heavy atom. The van der Waals surface area contributed by atoms with E-state index in [1.165, 1.54) is 5.56 Å². The summed E-state index contributed by atoms with van der Waals surface area (Å²) in [4.78, 5) is 4.72. The Morgan fingerprint density at radius 2 is 1.61 bits per heavy atom. The second kappa shape index (κ2) is 6.59. The van der Waals surface area contributed by atoms with E-state index in [0.29, 0.717) is 0 Å². The van der Waals surface area contributed by atoms with Crippen LogP contribution in [-0.4, -0.2) is 19.7 Å². The highest BCUT2D eigenvalue weighted by atomic mass is 16.3. The highest BCUT2D eigenvalue weighted by Gasteiger charge is 2.13. The van der Waals surface area contributed by atoms with Crippen molar-refractivity contribution < 1.29 is 5.11 Å². The van der Waals surface area contributed by atoms with Crippen LogP contribution >= 0.6 is 0 Å². The van der Waals surface area contributed by atoms with Gasteiger partial charge in [0, 0.05) is 23.5 Å². The molecule has 5 aromatic rings. The topological polar surface area (TPSA) is 50.4 Å². The van der Waals surface area contributed by atoms with Gasteiger partial charge < -0.3 is 5.11 Å². The summed E-state index contributed by atoms with van der Waals surface area (Å²) >= 11 is 0. The minimum atomic E-state index is 0.0215. The predicted octanol–water partition coefficient (Wildman–Crippen LogP) is 5.02. The third-order valence-electron chi connectivity index (χ3n) is 5.21. The molecule has 0 aliphatic rings. The number of benzene rings is 3. The number of hydrogen-bond acceptors (Lipinski definition) is 3. The number of aromatic nitrogens is 3. The van der Waals surface area contributed by atoms with Gasteiger partial charge in [-0.1, -0.05) is 66.2 Å². The molecule has 3 aromatic carbocycles. The van der Waals surface area contributed by atoms with Gasteiger partial charge in [-0.15, -0.1) is 0 Å². The summed E-state index contributed by atoms with van der Waals surface area (Å²) in [6.07, 6.45) is 5.78. The first-order chi connectivity index (χ1) is 13.7. The molecule has 5 rings (SSSR count). The van der Waals surface area contributed by atoms with Crippen molar-refractivity contribution in [2.24, 2.45) is 0 Å². The zero-order valence-electron chi connectivity index (χ0n) is 15.5. The number of nitrogens with zero attached hydrogens (tertiary/aromatic N) is 3. The van der Waals surface area contributed by atoms with Crippen molar-refractivity contribution >= 4 is 16.4 Å². The zero-order chi connectivity index (χ0) is 19.1. The molecule has 28 heavy (non-hydrogen) atoms. The Kier molecular flexibility index (Phi) is 3.92. The van der Waals surface area contributed by atoms with Crippen LogP contribution in [0.3, 0.4) is 0 Å². The fourth-order valence-corrected chi connectivity index (χ4v) is 3.71. The van der Waals surface area contributed by atoms with Crippen LogP contribution in [0.4, 0.5) is 0 Å². The molecule has 0 aliphatic carbocycles. The average molecular weight is 365 g/mol. The highest BCUT2D eigenvalue weighted by molar-refractivity contribution is 6.00. The number of hydrogen-bond donors (Lipinski definition) is 1. The molecular weight excluding hydrogens is 346 g/mol. The average Bonchev–Trinajstić information content (AvgIpc) is 3.16. The molecule has 0 saturated carbocycles. The lowest BCUT2D eigenvalue weighted by Crippen LogP contribution is -1.92. The lowest BCUT2D eigenvalue weighted by molar-refractivity contribution is 0.283. The van der Waals surface area contributed by atoms with Gasteiger partial charge >= 0.3 is 0 Å². The van der Waals surface area contributed by atoms with Gasteiger partial charge in [0.2, 0.25) is 0 Å². The van der Waals surface area contributed by atoms with Crippen LogP contribution in [0.15, 0.2) is 79.3 Å². The standard InChI is InChI=1S/C24H19N3O/c1-16-8-10-17(11-9-16)19-12-25-24-23(13-26-27(24)14-19)22-7-3-5-20-18(15-28)4-2-6-21(20)22/h2-14,28H,15H2,1H3. The van der Waals surface area contributed by atoms with Gasteiger partial charge in [0.25, 0.3) is 0 Å². The van der Waals surface area contributed by atoms with E-state index in [1.54, 1.807) is 0 Å². The monoisotopic (exact) mass is 365 g/mol. The molecule has 0 atom stereocenters. The lowest BCUT2D eigenvalue weighted by Gasteiger charge is -2.09. The molecule has 2 aromatic heterocycles. The van der Waals surface area contributed by atoms with E-state index in [2.05, 4.69) is 48.4 Å². The number of fused-ring (bicyclic) bond motifs is 2. The van der Waals surface area contributed by atoms with Crippen molar-refractivity contribution in [1.29, 1.82) is 0 Å². The molecule has 0 saturated heterocycles. The lowest BCUT2D eigenvalue weighted by atomic mass is 9.97. The van der Waals surface area contributed by atoms with Crippen molar-refractivity contribution in [3.05, 3.63) is 90.4 Å². The summed E-state index contributed by atoms with van der Waals surface area (Å²) in [6, 6.07) is 20.5. The summed E-state index contributed by atoms with van der Waals surface area (Å²) in [5.41, 5.74) is 7.17. The summed E-state index contributed by atoms with van der Waals surface area (Å²) in [5, 5.41) is 16.4. The molecule has 0 unspecified atom stereocenters. The van der Waals surface area contributed by atoms with Crippen LogP contribution < -0.4 is 0 Å². The van der Waals surface area contributed by atoms with Crippen LogP contribution in [-0.2, 0) is 6.61 Å². The van der Waals surface area contributed by atoms with Gasteiger partial charge in [0.05, 0.1) is 12.8 Å². The minimum Gasteiger partial charge on any atom is -0.392 e. The fourth-order valence-electron chi connectivity index (χ4n) is 3.71. The molecular formula is C24H19N3O. The Labute approximate surface area is 162 Å². The molecule has 0 fully saturated rings. The van der Waals surface area contributed by atoms with Gasteiger partial charge in [0.15, 0.2) is 5.65 Å². The van der Waals surface area contributed by atoms with E-state index in [0.717, 1.165) is 44.2 Å². The maximum atomic E-state index is 9.66. The molecule has 0 radical (unpaired) electrons. The second-order valence-electron chi connectivity index (χ2n) is 7.01. The number of aliphatic hydroxyl groups is 1. The first-order valence-electron chi connectivity index (χ1n) is 9.27. The first-order valence-corrected chi connectivity index (χ1v) is 9.27. The van der Waals surface area contributed by atoms with Gasteiger partial charge in [-0.2, -0.15) is 5.10 Å². The van der Waals surface area contributed by atoms with Crippen LogP contribution in [0.25, 0.3) is 38.7 Å². The normalized spacial score (nSPS) is 11.4. The van der Waals surface area contributed by atoms with Gasteiger partial charge in [-0.05, 0) is 34.4 Å². The SMILES string of the molecule is Cc1ccc(-c2cnc3c(-c4cccc5c(CO)cccc45)cnn3c2)cc1. The predicted molar refractivity (Wildman–Crippen MR) is 112 cm³/mol. The van der Waals surface area contributed by atoms with Crippen molar-refractivity contribution in [1.82, 2.24) is 14.6 Å². The third kappa shape index (κ3) is 2.66. The van der Waals surface area contributed by atoms with Crippen molar-refractivity contribution in [3.8, 4) is 22.3 Å². The molecule has 0 spiro atoms. The minimum absolute atomic E-state index is 0.0215.